The van der Waals surface area contributed by atoms with Gasteiger partial charge in [-0.2, -0.15) is 0 Å². The predicted octanol–water partition coefficient (Wildman–Crippen LogP) is 2.98. The zero-order valence-electron chi connectivity index (χ0n) is 12.3. The van der Waals surface area contributed by atoms with Gasteiger partial charge in [-0.1, -0.05) is 26.2 Å². The number of nitrogens with two attached hydrogens (primary N) is 1. The summed E-state index contributed by atoms with van der Waals surface area (Å²) in [5.41, 5.74) is 6.92. The topological polar surface area (TPSA) is 64.4 Å². The summed E-state index contributed by atoms with van der Waals surface area (Å²) in [6.07, 6.45) is 5.87. The van der Waals surface area contributed by atoms with Crippen molar-refractivity contribution in [2.45, 2.75) is 45.1 Å². The van der Waals surface area contributed by atoms with Crippen molar-refractivity contribution in [2.24, 2.45) is 5.92 Å². The third kappa shape index (κ3) is 3.44. The fourth-order valence-electron chi connectivity index (χ4n) is 3.01. The van der Waals surface area contributed by atoms with E-state index in [4.69, 9.17) is 10.5 Å². The summed E-state index contributed by atoms with van der Waals surface area (Å²) >= 11 is 0. The minimum Gasteiger partial charge on any atom is -0.497 e. The van der Waals surface area contributed by atoms with E-state index in [2.05, 4.69) is 12.2 Å². The zero-order valence-corrected chi connectivity index (χ0v) is 12.3. The highest BCUT2D eigenvalue weighted by atomic mass is 16.5. The first-order valence-corrected chi connectivity index (χ1v) is 7.39. The van der Waals surface area contributed by atoms with E-state index in [9.17, 15) is 4.79 Å². The summed E-state index contributed by atoms with van der Waals surface area (Å²) in [5.74, 6) is 1.16. The molecule has 3 N–H and O–H groups in total. The molecule has 2 atom stereocenters. The summed E-state index contributed by atoms with van der Waals surface area (Å²) in [7, 11) is 1.57. The van der Waals surface area contributed by atoms with Gasteiger partial charge in [0.1, 0.15) is 5.75 Å². The number of rotatable bonds is 4. The van der Waals surface area contributed by atoms with Crippen LogP contribution < -0.4 is 15.8 Å². The first-order valence-electron chi connectivity index (χ1n) is 7.39. The van der Waals surface area contributed by atoms with Gasteiger partial charge in [0, 0.05) is 23.4 Å². The Balaban J connectivity index is 2.09. The van der Waals surface area contributed by atoms with Crippen molar-refractivity contribution in [3.05, 3.63) is 23.8 Å². The van der Waals surface area contributed by atoms with Gasteiger partial charge in [0.25, 0.3) is 5.91 Å². The molecule has 0 spiro atoms. The molecule has 1 aliphatic carbocycles. The van der Waals surface area contributed by atoms with Crippen molar-refractivity contribution in [3.63, 3.8) is 0 Å². The summed E-state index contributed by atoms with van der Waals surface area (Å²) in [4.78, 5) is 12.4. The number of amides is 1. The predicted molar refractivity (Wildman–Crippen MR) is 80.9 cm³/mol. The lowest BCUT2D eigenvalue weighted by atomic mass is 9.83. The Hall–Kier alpha value is -1.71. The largest absolute Gasteiger partial charge is 0.497 e. The van der Waals surface area contributed by atoms with Crippen LogP contribution in [0.4, 0.5) is 5.69 Å². The molecule has 0 radical (unpaired) electrons. The van der Waals surface area contributed by atoms with E-state index in [1.54, 1.807) is 25.3 Å². The molecule has 0 heterocycles. The molecule has 1 saturated carbocycles. The summed E-state index contributed by atoms with van der Waals surface area (Å²) in [6, 6.07) is 5.43. The van der Waals surface area contributed by atoms with Crippen molar-refractivity contribution in [2.75, 3.05) is 12.8 Å². The normalized spacial score (nSPS) is 22.3. The van der Waals surface area contributed by atoms with E-state index in [1.807, 2.05) is 0 Å². The average molecular weight is 276 g/mol. The first kappa shape index (κ1) is 14.7. The molecule has 2 rings (SSSR count). The fourth-order valence-corrected chi connectivity index (χ4v) is 3.01. The number of ether oxygens (including phenoxy) is 1. The second kappa shape index (κ2) is 6.64. The molecular formula is C16H24N2O2. The Bertz CT molecular complexity index is 474. The number of benzene rings is 1. The van der Waals surface area contributed by atoms with Gasteiger partial charge in [-0.3, -0.25) is 4.79 Å². The van der Waals surface area contributed by atoms with Gasteiger partial charge in [-0.15, -0.1) is 0 Å². The van der Waals surface area contributed by atoms with Crippen LogP contribution in [0.25, 0.3) is 0 Å². The smallest absolute Gasteiger partial charge is 0.251 e. The van der Waals surface area contributed by atoms with Crippen molar-refractivity contribution < 1.29 is 9.53 Å². The second-order valence-electron chi connectivity index (χ2n) is 5.53. The van der Waals surface area contributed by atoms with E-state index in [-0.39, 0.29) is 11.9 Å². The van der Waals surface area contributed by atoms with Gasteiger partial charge < -0.3 is 15.8 Å². The van der Waals surface area contributed by atoms with E-state index >= 15 is 0 Å². The van der Waals surface area contributed by atoms with Crippen molar-refractivity contribution in [1.82, 2.24) is 5.32 Å². The van der Waals surface area contributed by atoms with E-state index in [1.165, 1.54) is 19.3 Å². The number of carbonyl (C=O) groups excluding carboxylic acids is 1. The van der Waals surface area contributed by atoms with Crippen molar-refractivity contribution in [3.8, 4) is 5.75 Å². The SMILES string of the molecule is CCC1CCCCC1NC(=O)c1cc(N)cc(OC)c1. The summed E-state index contributed by atoms with van der Waals surface area (Å²) in [5, 5.41) is 3.16. The molecule has 1 aliphatic rings. The number of nitrogen functional groups attached to an aromatic ring is 1. The fraction of sp³-hybridized carbons (Fsp3) is 0.562. The third-order valence-corrected chi connectivity index (χ3v) is 4.18. The maximum Gasteiger partial charge on any atom is 0.251 e. The lowest BCUT2D eigenvalue weighted by molar-refractivity contribution is 0.0904. The molecule has 0 aromatic heterocycles. The summed E-state index contributed by atoms with van der Waals surface area (Å²) < 4.78 is 5.16. The molecule has 1 fully saturated rings. The Morgan fingerprint density at radius 2 is 2.10 bits per heavy atom. The molecular weight excluding hydrogens is 252 g/mol. The molecule has 110 valence electrons. The Morgan fingerprint density at radius 3 is 2.80 bits per heavy atom. The van der Waals surface area contributed by atoms with Gasteiger partial charge in [-0.05, 0) is 30.9 Å². The standard InChI is InChI=1S/C16H24N2O2/c1-3-11-6-4-5-7-15(11)18-16(19)12-8-13(17)10-14(9-12)20-2/h8-11,15H,3-7,17H2,1-2H3,(H,18,19). The van der Waals surface area contributed by atoms with Gasteiger partial charge in [0.15, 0.2) is 0 Å². The molecule has 2 unspecified atom stereocenters. The Morgan fingerprint density at radius 1 is 1.35 bits per heavy atom. The van der Waals surface area contributed by atoms with Crippen molar-refractivity contribution in [1.29, 1.82) is 0 Å². The maximum atomic E-state index is 12.4. The molecule has 1 aromatic carbocycles. The Labute approximate surface area is 120 Å². The van der Waals surface area contributed by atoms with Gasteiger partial charge in [-0.25, -0.2) is 0 Å². The molecule has 1 aromatic rings. The van der Waals surface area contributed by atoms with Gasteiger partial charge in [0.05, 0.1) is 7.11 Å². The second-order valence-corrected chi connectivity index (χ2v) is 5.53. The highest BCUT2D eigenvalue weighted by Gasteiger charge is 2.25. The number of nitrogens with one attached hydrogen (secondary N) is 1. The van der Waals surface area contributed by atoms with Crippen molar-refractivity contribution >= 4 is 11.6 Å². The zero-order chi connectivity index (χ0) is 14.5. The molecule has 20 heavy (non-hydrogen) atoms. The summed E-state index contributed by atoms with van der Waals surface area (Å²) in [6.45, 7) is 2.19. The number of carbonyl (C=O) groups is 1. The Kier molecular flexibility index (Phi) is 4.88. The van der Waals surface area contributed by atoms with Crippen LogP contribution in [0, 0.1) is 5.92 Å². The molecule has 1 amide bonds. The van der Waals surface area contributed by atoms with Crippen LogP contribution in [0.3, 0.4) is 0 Å². The van der Waals surface area contributed by atoms with Crippen LogP contribution in [0.2, 0.25) is 0 Å². The highest BCUT2D eigenvalue weighted by molar-refractivity contribution is 5.95. The number of anilines is 1. The van der Waals surface area contributed by atoms with Crippen LogP contribution in [-0.2, 0) is 0 Å². The van der Waals surface area contributed by atoms with E-state index < -0.39 is 0 Å². The lowest BCUT2D eigenvalue weighted by Crippen LogP contribution is -2.41. The number of hydrogen-bond donors (Lipinski definition) is 2. The van der Waals surface area contributed by atoms with Crippen LogP contribution in [0.1, 0.15) is 49.4 Å². The van der Waals surface area contributed by atoms with Gasteiger partial charge in [0.2, 0.25) is 0 Å². The molecule has 0 aliphatic heterocycles. The molecule has 0 saturated heterocycles. The molecule has 4 nitrogen and oxygen atoms in total. The van der Waals surface area contributed by atoms with Gasteiger partial charge >= 0.3 is 0 Å². The minimum absolute atomic E-state index is 0.0547. The van der Waals surface area contributed by atoms with Crippen LogP contribution in [0.5, 0.6) is 5.75 Å². The maximum absolute atomic E-state index is 12.4. The number of methoxy groups -OCH3 is 1. The highest BCUT2D eigenvalue weighted by Crippen LogP contribution is 2.27. The lowest BCUT2D eigenvalue weighted by Gasteiger charge is -2.31. The monoisotopic (exact) mass is 276 g/mol. The molecule has 4 heteroatoms. The first-order chi connectivity index (χ1) is 9.63. The van der Waals surface area contributed by atoms with Crippen LogP contribution in [-0.4, -0.2) is 19.1 Å². The van der Waals surface area contributed by atoms with E-state index in [0.29, 0.717) is 22.9 Å². The van der Waals surface area contributed by atoms with Crippen LogP contribution in [0.15, 0.2) is 18.2 Å². The molecule has 0 bridgehead atoms. The average Bonchev–Trinajstić information content (AvgIpc) is 2.47. The number of hydrogen-bond acceptors (Lipinski definition) is 3. The van der Waals surface area contributed by atoms with E-state index in [0.717, 1.165) is 12.8 Å². The minimum atomic E-state index is -0.0547. The third-order valence-electron chi connectivity index (χ3n) is 4.18. The quantitative estimate of drug-likeness (QED) is 0.831. The van der Waals surface area contributed by atoms with Crippen LogP contribution >= 0.6 is 0 Å².